The minimum atomic E-state index is -1.56. The Morgan fingerprint density at radius 2 is 1.23 bits per heavy atom. The summed E-state index contributed by atoms with van der Waals surface area (Å²) in [5.74, 6) is -0.292. The first-order chi connectivity index (χ1) is 29.0. The quantitative estimate of drug-likeness (QED) is 0.0457. The molecular formula is C47H59ClN2O11. The van der Waals surface area contributed by atoms with Gasteiger partial charge in [0.25, 0.3) is 5.91 Å². The maximum absolute atomic E-state index is 13.6. The van der Waals surface area contributed by atoms with Gasteiger partial charge in [-0.25, -0.2) is 4.79 Å². The first kappa shape index (κ1) is 47.1. The van der Waals surface area contributed by atoms with Crippen LogP contribution in [0.2, 0.25) is 0 Å². The Morgan fingerprint density at radius 1 is 0.639 bits per heavy atom. The van der Waals surface area contributed by atoms with E-state index in [1.54, 1.807) is 96.1 Å². The summed E-state index contributed by atoms with van der Waals surface area (Å²) in [5.41, 5.74) is -1.23. The molecule has 0 saturated carbocycles. The van der Waals surface area contributed by atoms with E-state index >= 15 is 0 Å². The van der Waals surface area contributed by atoms with E-state index in [1.165, 1.54) is 0 Å². The summed E-state index contributed by atoms with van der Waals surface area (Å²) in [6, 6.07) is 14.4. The predicted octanol–water partition coefficient (Wildman–Crippen LogP) is 8.40. The van der Waals surface area contributed by atoms with Crippen molar-refractivity contribution in [1.82, 2.24) is 10.6 Å². The molecule has 2 heterocycles. The molecule has 3 aromatic carbocycles. The highest BCUT2D eigenvalue weighted by molar-refractivity contribution is 6.17. The molecule has 0 aliphatic carbocycles. The second-order valence-electron chi connectivity index (χ2n) is 17.3. The van der Waals surface area contributed by atoms with E-state index in [4.69, 9.17) is 40.0 Å². The molecule has 13 nitrogen and oxygen atoms in total. The molecule has 0 unspecified atom stereocenters. The SMILES string of the molecule is CC(C)(C)C(=O)Oc1ccc2c(c1)Oc1cc(OC(=O)C(C)(C)C)ccc1C21OC(=O)c2ccc(C(=O)NCCCCCC(=O)NCCOCCOCCCCCCCl)cc21. The number of carbonyl (C=O) groups excluding carboxylic acids is 5. The third-order valence-corrected chi connectivity index (χ3v) is 10.4. The van der Waals surface area contributed by atoms with Gasteiger partial charge in [-0.1, -0.05) is 19.3 Å². The van der Waals surface area contributed by atoms with Gasteiger partial charge in [0.15, 0.2) is 5.60 Å². The topological polar surface area (TPSA) is 165 Å². The maximum Gasteiger partial charge on any atom is 0.340 e. The van der Waals surface area contributed by atoms with Crippen LogP contribution >= 0.6 is 11.6 Å². The van der Waals surface area contributed by atoms with Crippen molar-refractivity contribution >= 4 is 41.3 Å². The molecule has 2 amide bonds. The van der Waals surface area contributed by atoms with Gasteiger partial charge in [-0.15, -0.1) is 11.6 Å². The standard InChI is InChI=1S/C47H59ClN2O11/c1-45(2,3)43(54)58-32-16-19-35-38(29-32)60-39-30-33(59-44(55)46(4,5)6)17-20-36(39)47(35)37-28-31(15-18-34(37)42(53)61-47)41(52)50-22-12-9-10-14-40(51)49-23-25-57-27-26-56-24-13-8-7-11-21-48/h15-20,28-30H,7-14,21-27H2,1-6H3,(H,49,51)(H,50,52). The van der Waals surface area contributed by atoms with Crippen molar-refractivity contribution in [3.8, 4) is 23.0 Å². The lowest BCUT2D eigenvalue weighted by atomic mass is 9.77. The molecule has 14 heteroatoms. The zero-order chi connectivity index (χ0) is 44.2. The van der Waals surface area contributed by atoms with Crippen LogP contribution in [0.5, 0.6) is 23.0 Å². The van der Waals surface area contributed by atoms with Gasteiger partial charge in [-0.3, -0.25) is 19.2 Å². The van der Waals surface area contributed by atoms with Crippen LogP contribution in [0.1, 0.15) is 130 Å². The van der Waals surface area contributed by atoms with Gasteiger partial charge >= 0.3 is 17.9 Å². The molecule has 0 bridgehead atoms. The molecule has 0 atom stereocenters. The molecule has 0 fully saturated rings. The Morgan fingerprint density at radius 3 is 1.84 bits per heavy atom. The number of benzene rings is 3. The van der Waals surface area contributed by atoms with Crippen LogP contribution in [0, 0.1) is 10.8 Å². The largest absolute Gasteiger partial charge is 0.456 e. The van der Waals surface area contributed by atoms with Gasteiger partial charge in [0.1, 0.15) is 23.0 Å². The summed E-state index contributed by atoms with van der Waals surface area (Å²) in [6.45, 7) is 13.4. The minimum absolute atomic E-state index is 0.0507. The van der Waals surface area contributed by atoms with Crippen LogP contribution in [-0.2, 0) is 34.2 Å². The number of unbranched alkanes of at least 4 members (excludes halogenated alkanes) is 5. The highest BCUT2D eigenvalue weighted by Crippen LogP contribution is 2.57. The van der Waals surface area contributed by atoms with Gasteiger partial charge in [-0.05, 0) is 110 Å². The average Bonchev–Trinajstić information content (AvgIpc) is 3.49. The molecule has 2 aliphatic heterocycles. The molecule has 0 aromatic heterocycles. The monoisotopic (exact) mass is 862 g/mol. The highest BCUT2D eigenvalue weighted by Gasteiger charge is 2.54. The lowest BCUT2D eigenvalue weighted by molar-refractivity contribution is -0.143. The van der Waals surface area contributed by atoms with Crippen molar-refractivity contribution in [2.24, 2.45) is 10.8 Å². The van der Waals surface area contributed by atoms with Gasteiger partial charge in [0.05, 0.1) is 36.2 Å². The number of nitrogens with one attached hydrogen (secondary N) is 2. The Kier molecular flexibility index (Phi) is 16.4. The molecule has 2 N–H and O–H groups in total. The fourth-order valence-corrected chi connectivity index (χ4v) is 6.88. The first-order valence-electron chi connectivity index (χ1n) is 21.1. The van der Waals surface area contributed by atoms with E-state index in [2.05, 4.69) is 10.6 Å². The van der Waals surface area contributed by atoms with E-state index in [-0.39, 0.29) is 40.4 Å². The number of hydrogen-bond donors (Lipinski definition) is 2. The van der Waals surface area contributed by atoms with Crippen LogP contribution in [-0.4, -0.2) is 75.1 Å². The molecule has 1 spiro atoms. The van der Waals surface area contributed by atoms with Crippen molar-refractivity contribution in [3.05, 3.63) is 82.4 Å². The summed E-state index contributed by atoms with van der Waals surface area (Å²) >= 11 is 5.69. The van der Waals surface area contributed by atoms with Crippen LogP contribution < -0.4 is 24.8 Å². The van der Waals surface area contributed by atoms with Gasteiger partial charge < -0.3 is 39.1 Å². The fourth-order valence-electron chi connectivity index (χ4n) is 6.69. The maximum atomic E-state index is 13.6. The number of halogens is 1. The van der Waals surface area contributed by atoms with Crippen LogP contribution in [0.3, 0.4) is 0 Å². The zero-order valence-electron chi connectivity index (χ0n) is 36.2. The predicted molar refractivity (Wildman–Crippen MR) is 230 cm³/mol. The fraction of sp³-hybridized carbons (Fsp3) is 0.511. The Labute approximate surface area is 363 Å². The number of amides is 2. The zero-order valence-corrected chi connectivity index (χ0v) is 36.9. The van der Waals surface area contributed by atoms with Crippen molar-refractivity contribution in [2.45, 2.75) is 98.5 Å². The van der Waals surface area contributed by atoms with Crippen molar-refractivity contribution < 1.29 is 52.4 Å². The summed E-state index contributed by atoms with van der Waals surface area (Å²) in [7, 11) is 0. The highest BCUT2D eigenvalue weighted by atomic mass is 35.5. The molecule has 5 rings (SSSR count). The van der Waals surface area contributed by atoms with Crippen molar-refractivity contribution in [1.29, 1.82) is 0 Å². The summed E-state index contributed by atoms with van der Waals surface area (Å²) in [6.07, 6.45) is 6.71. The van der Waals surface area contributed by atoms with E-state index in [0.29, 0.717) is 86.9 Å². The smallest absolute Gasteiger partial charge is 0.340 e. The number of alkyl halides is 1. The molecule has 3 aromatic rings. The number of ether oxygens (including phenoxy) is 6. The van der Waals surface area contributed by atoms with E-state index < -0.39 is 34.3 Å². The second-order valence-corrected chi connectivity index (χ2v) is 17.7. The van der Waals surface area contributed by atoms with Crippen LogP contribution in [0.4, 0.5) is 0 Å². The Hall–Kier alpha value is -4.98. The lowest BCUT2D eigenvalue weighted by Crippen LogP contribution is -2.33. The third kappa shape index (κ3) is 12.3. The van der Waals surface area contributed by atoms with E-state index in [0.717, 1.165) is 32.1 Å². The molecule has 2 aliphatic rings. The minimum Gasteiger partial charge on any atom is -0.456 e. The molecule has 0 radical (unpaired) electrons. The van der Waals surface area contributed by atoms with Crippen LogP contribution in [0.25, 0.3) is 0 Å². The second kappa shape index (κ2) is 21.2. The van der Waals surface area contributed by atoms with Gasteiger partial charge in [-0.2, -0.15) is 0 Å². The summed E-state index contributed by atoms with van der Waals surface area (Å²) in [5, 5.41) is 5.82. The van der Waals surface area contributed by atoms with E-state index in [9.17, 15) is 24.0 Å². The van der Waals surface area contributed by atoms with Crippen LogP contribution in [0.15, 0.2) is 54.6 Å². The average molecular weight is 863 g/mol. The van der Waals surface area contributed by atoms with Crippen molar-refractivity contribution in [2.75, 3.05) is 45.4 Å². The summed E-state index contributed by atoms with van der Waals surface area (Å²) < 4.78 is 35.1. The number of esters is 3. The lowest BCUT2D eigenvalue weighted by Gasteiger charge is -2.37. The number of carbonyl (C=O) groups is 5. The molecule has 330 valence electrons. The normalized spacial score (nSPS) is 13.7. The summed E-state index contributed by atoms with van der Waals surface area (Å²) in [4.78, 5) is 65.0. The van der Waals surface area contributed by atoms with Gasteiger partial charge in [0.2, 0.25) is 5.91 Å². The number of hydrogen-bond acceptors (Lipinski definition) is 11. The number of fused-ring (bicyclic) bond motifs is 6. The molecule has 61 heavy (non-hydrogen) atoms. The third-order valence-electron chi connectivity index (χ3n) is 10.1. The first-order valence-corrected chi connectivity index (χ1v) is 21.6. The number of rotatable bonds is 21. The Balaban J connectivity index is 1.20. The van der Waals surface area contributed by atoms with Crippen molar-refractivity contribution in [3.63, 3.8) is 0 Å². The Bertz CT molecular complexity index is 1970. The van der Waals surface area contributed by atoms with E-state index in [1.807, 2.05) is 0 Å². The molecular weight excluding hydrogens is 804 g/mol. The van der Waals surface area contributed by atoms with Gasteiger partial charge in [0, 0.05) is 66.4 Å². The molecule has 0 saturated heterocycles.